The van der Waals surface area contributed by atoms with Crippen LogP contribution in [0.25, 0.3) is 0 Å². The lowest BCUT2D eigenvalue weighted by Crippen LogP contribution is -2.48. The first-order chi connectivity index (χ1) is 13.0. The zero-order valence-corrected chi connectivity index (χ0v) is 15.0. The van der Waals surface area contributed by atoms with Crippen molar-refractivity contribution in [1.82, 2.24) is 10.3 Å². The van der Waals surface area contributed by atoms with E-state index >= 15 is 0 Å². The quantitative estimate of drug-likeness (QED) is 0.853. The van der Waals surface area contributed by atoms with Crippen molar-refractivity contribution in [2.45, 2.75) is 31.7 Å². The smallest absolute Gasteiger partial charge is 0.414 e. The molecule has 2 heterocycles. The number of methoxy groups -OCH3 is 1. The lowest BCUT2D eigenvalue weighted by molar-refractivity contribution is 0.0677. The molecule has 1 aromatic carbocycles. The number of aromatic nitrogens is 1. The lowest BCUT2D eigenvalue weighted by atomic mass is 10.0. The Labute approximate surface area is 156 Å². The van der Waals surface area contributed by atoms with Gasteiger partial charge in [0.05, 0.1) is 17.4 Å². The molecule has 3 atom stereocenters. The minimum atomic E-state index is -1.14. The Balaban J connectivity index is 1.77. The number of fused-ring (bicyclic) bond motifs is 1. The summed E-state index contributed by atoms with van der Waals surface area (Å²) in [6.45, 7) is 1.78. The summed E-state index contributed by atoms with van der Waals surface area (Å²) < 4.78 is 10.8. The molecule has 0 fully saturated rings. The monoisotopic (exact) mass is 371 g/mol. The first-order valence-electron chi connectivity index (χ1n) is 8.53. The van der Waals surface area contributed by atoms with E-state index in [0.717, 1.165) is 10.5 Å². The van der Waals surface area contributed by atoms with Crippen molar-refractivity contribution in [3.05, 3.63) is 59.9 Å². The van der Waals surface area contributed by atoms with Gasteiger partial charge in [0.15, 0.2) is 0 Å². The normalized spacial score (nSPS) is 19.7. The van der Waals surface area contributed by atoms with E-state index in [-0.39, 0.29) is 6.42 Å². The van der Waals surface area contributed by atoms with E-state index in [1.54, 1.807) is 25.3 Å². The molecule has 2 N–H and O–H groups in total. The van der Waals surface area contributed by atoms with Gasteiger partial charge in [0.1, 0.15) is 12.3 Å². The number of amides is 2. The number of anilines is 1. The Kier molecular flexibility index (Phi) is 5.56. The molecular weight excluding hydrogens is 350 g/mol. The van der Waals surface area contributed by atoms with Gasteiger partial charge in [-0.1, -0.05) is 30.3 Å². The summed E-state index contributed by atoms with van der Waals surface area (Å²) in [5.41, 5.74) is 1.71. The maximum atomic E-state index is 12.4. The Morgan fingerprint density at radius 1 is 1.26 bits per heavy atom. The fourth-order valence-electron chi connectivity index (χ4n) is 3.14. The summed E-state index contributed by atoms with van der Waals surface area (Å²) in [6.07, 6.45) is -1.13. The summed E-state index contributed by atoms with van der Waals surface area (Å²) in [5, 5.41) is 12.3. The number of nitrogens with one attached hydrogen (secondary N) is 1. The van der Waals surface area contributed by atoms with Crippen LogP contribution in [0, 0.1) is 0 Å². The molecule has 3 rings (SSSR count). The van der Waals surface area contributed by atoms with Gasteiger partial charge in [-0.25, -0.2) is 14.5 Å². The predicted molar refractivity (Wildman–Crippen MR) is 97.4 cm³/mol. The fourth-order valence-corrected chi connectivity index (χ4v) is 3.14. The van der Waals surface area contributed by atoms with Crippen LogP contribution in [0.4, 0.5) is 15.3 Å². The molecule has 1 aliphatic rings. The van der Waals surface area contributed by atoms with Gasteiger partial charge in [0.25, 0.3) is 0 Å². The summed E-state index contributed by atoms with van der Waals surface area (Å²) in [4.78, 5) is 29.4. The van der Waals surface area contributed by atoms with Crippen LogP contribution in [-0.4, -0.2) is 35.6 Å². The van der Waals surface area contributed by atoms with Crippen molar-refractivity contribution in [3.8, 4) is 0 Å². The highest BCUT2D eigenvalue weighted by Gasteiger charge is 2.38. The Morgan fingerprint density at radius 2 is 2.00 bits per heavy atom. The van der Waals surface area contributed by atoms with E-state index in [4.69, 9.17) is 9.47 Å². The van der Waals surface area contributed by atoms with E-state index in [1.165, 1.54) is 7.11 Å². The van der Waals surface area contributed by atoms with E-state index < -0.39 is 30.6 Å². The number of alkyl carbamates (subject to hydrolysis) is 1. The molecular formula is C19H21N3O5. The Morgan fingerprint density at radius 3 is 2.67 bits per heavy atom. The van der Waals surface area contributed by atoms with E-state index in [2.05, 4.69) is 10.3 Å². The van der Waals surface area contributed by atoms with Crippen LogP contribution >= 0.6 is 0 Å². The van der Waals surface area contributed by atoms with Gasteiger partial charge < -0.3 is 19.9 Å². The van der Waals surface area contributed by atoms with E-state index in [0.29, 0.717) is 11.4 Å². The van der Waals surface area contributed by atoms with Gasteiger partial charge in [0.2, 0.25) is 0 Å². The predicted octanol–water partition coefficient (Wildman–Crippen LogP) is 3.47. The van der Waals surface area contributed by atoms with E-state index in [9.17, 15) is 14.7 Å². The van der Waals surface area contributed by atoms with Crippen molar-refractivity contribution < 1.29 is 24.2 Å². The zero-order valence-electron chi connectivity index (χ0n) is 15.0. The average Bonchev–Trinajstić information content (AvgIpc) is 2.67. The minimum Gasteiger partial charge on any atom is -0.465 e. The van der Waals surface area contributed by atoms with Crippen LogP contribution in [0.3, 0.4) is 0 Å². The minimum absolute atomic E-state index is 0.224. The second-order valence-corrected chi connectivity index (χ2v) is 6.14. The standard InChI is InChI=1S/C19H21N3O5/c1-12(13-7-4-3-5-8-13)27-18(23)21-14-11-16(26-2)22(19(24)25)15-9-6-10-20-17(14)15/h3-10,12,14,16H,11H2,1-2H3,(H,21,23)(H,24,25)/t12-,14?,16?/m0/s1. The molecule has 2 aromatic rings. The largest absolute Gasteiger partial charge is 0.465 e. The maximum absolute atomic E-state index is 12.4. The summed E-state index contributed by atoms with van der Waals surface area (Å²) >= 11 is 0. The Bertz CT molecular complexity index is 814. The third-order valence-corrected chi connectivity index (χ3v) is 4.45. The Hall–Kier alpha value is -3.13. The number of hydrogen-bond acceptors (Lipinski definition) is 5. The van der Waals surface area contributed by atoms with Crippen LogP contribution in [0.5, 0.6) is 0 Å². The molecule has 142 valence electrons. The van der Waals surface area contributed by atoms with Gasteiger partial charge in [-0.15, -0.1) is 0 Å². The van der Waals surface area contributed by atoms with Crippen molar-refractivity contribution in [2.24, 2.45) is 0 Å². The van der Waals surface area contributed by atoms with Gasteiger partial charge in [-0.2, -0.15) is 0 Å². The van der Waals surface area contributed by atoms with Gasteiger partial charge in [-0.3, -0.25) is 4.98 Å². The third kappa shape index (κ3) is 4.01. The number of rotatable bonds is 4. The molecule has 1 aliphatic heterocycles. The molecule has 0 aliphatic carbocycles. The van der Waals surface area contributed by atoms with Crippen molar-refractivity contribution in [1.29, 1.82) is 0 Å². The number of nitrogens with zero attached hydrogens (tertiary/aromatic N) is 2. The molecule has 1 aromatic heterocycles. The number of carbonyl (C=O) groups excluding carboxylic acids is 1. The van der Waals surface area contributed by atoms with Crippen molar-refractivity contribution >= 4 is 17.9 Å². The summed E-state index contributed by atoms with van der Waals surface area (Å²) in [5.74, 6) is 0. The van der Waals surface area contributed by atoms with Crippen LogP contribution in [0.15, 0.2) is 48.7 Å². The van der Waals surface area contributed by atoms with Crippen LogP contribution in [0.2, 0.25) is 0 Å². The van der Waals surface area contributed by atoms with Crippen LogP contribution < -0.4 is 10.2 Å². The molecule has 8 nitrogen and oxygen atoms in total. The van der Waals surface area contributed by atoms with Crippen LogP contribution in [-0.2, 0) is 9.47 Å². The second kappa shape index (κ2) is 8.05. The van der Waals surface area contributed by atoms with Crippen LogP contribution in [0.1, 0.15) is 36.7 Å². The molecule has 8 heteroatoms. The first-order valence-corrected chi connectivity index (χ1v) is 8.53. The highest BCUT2D eigenvalue weighted by molar-refractivity contribution is 5.88. The maximum Gasteiger partial charge on any atom is 0.414 e. The number of carboxylic acid groups (broad SMARTS) is 1. The molecule has 27 heavy (non-hydrogen) atoms. The molecule has 2 amide bonds. The number of benzene rings is 1. The number of pyridine rings is 1. The molecule has 0 bridgehead atoms. The molecule has 0 spiro atoms. The molecule has 0 saturated heterocycles. The molecule has 0 saturated carbocycles. The SMILES string of the molecule is COC1CC(NC(=O)O[C@@H](C)c2ccccc2)c2ncccc2N1C(=O)O. The van der Waals surface area contributed by atoms with Gasteiger partial charge in [0, 0.05) is 19.7 Å². The lowest BCUT2D eigenvalue weighted by Gasteiger charge is -2.37. The number of hydrogen-bond donors (Lipinski definition) is 2. The van der Waals surface area contributed by atoms with Gasteiger partial charge >= 0.3 is 12.2 Å². The summed E-state index contributed by atoms with van der Waals surface area (Å²) in [7, 11) is 1.43. The highest BCUT2D eigenvalue weighted by atomic mass is 16.6. The molecule has 0 radical (unpaired) electrons. The summed E-state index contributed by atoms with van der Waals surface area (Å²) in [6, 6.07) is 12.1. The van der Waals surface area contributed by atoms with Crippen molar-refractivity contribution in [3.63, 3.8) is 0 Å². The highest BCUT2D eigenvalue weighted by Crippen LogP contribution is 2.36. The third-order valence-electron chi connectivity index (χ3n) is 4.45. The fraction of sp³-hybridized carbons (Fsp3) is 0.316. The number of carbonyl (C=O) groups is 2. The average molecular weight is 371 g/mol. The van der Waals surface area contributed by atoms with Gasteiger partial charge in [-0.05, 0) is 24.6 Å². The first kappa shape index (κ1) is 18.7. The topological polar surface area (TPSA) is 101 Å². The number of ether oxygens (including phenoxy) is 2. The zero-order chi connectivity index (χ0) is 19.4. The van der Waals surface area contributed by atoms with Crippen molar-refractivity contribution in [2.75, 3.05) is 12.0 Å². The second-order valence-electron chi connectivity index (χ2n) is 6.14. The molecule has 2 unspecified atom stereocenters. The van der Waals surface area contributed by atoms with E-state index in [1.807, 2.05) is 30.3 Å².